The van der Waals surface area contributed by atoms with Crippen LogP contribution in [-0.2, 0) is 0 Å². The Morgan fingerprint density at radius 1 is 0.964 bits per heavy atom. The molecule has 0 aliphatic heterocycles. The standard InChI is InChI=1S/C12H11FNOP.C8H6ClFO2/c13-9-1-3-10(4-2-9)14-11-5-7-12(15-16)8-6-11;1-12-7-3-2-5(8(9)11)4-6(7)10/h1-8,14H,16H2;2-4H,1H3. The Hall–Kier alpha value is -2.69. The van der Waals surface area contributed by atoms with E-state index in [1.165, 1.54) is 31.4 Å². The monoisotopic (exact) mass is 423 g/mol. The van der Waals surface area contributed by atoms with E-state index in [2.05, 4.69) is 19.5 Å². The summed E-state index contributed by atoms with van der Waals surface area (Å²) in [5, 5.41) is 2.47. The molecule has 1 atom stereocenters. The van der Waals surface area contributed by atoms with E-state index in [1.54, 1.807) is 12.1 Å². The van der Waals surface area contributed by atoms with Gasteiger partial charge >= 0.3 is 0 Å². The van der Waals surface area contributed by atoms with E-state index in [-0.39, 0.29) is 17.1 Å². The normalized spacial score (nSPS) is 9.75. The van der Waals surface area contributed by atoms with Gasteiger partial charge in [0.1, 0.15) is 11.6 Å². The first kappa shape index (κ1) is 21.6. The van der Waals surface area contributed by atoms with Gasteiger partial charge < -0.3 is 14.6 Å². The molecule has 0 saturated carbocycles. The van der Waals surface area contributed by atoms with Gasteiger partial charge in [0.05, 0.1) is 16.6 Å². The highest BCUT2D eigenvalue weighted by molar-refractivity contribution is 7.10. The predicted molar refractivity (Wildman–Crippen MR) is 110 cm³/mol. The molecule has 3 aromatic carbocycles. The summed E-state index contributed by atoms with van der Waals surface area (Å²) in [6, 6.07) is 17.5. The lowest BCUT2D eigenvalue weighted by atomic mass is 10.2. The molecule has 0 aliphatic rings. The SMILES string of the molecule is COc1ccc(C(=O)Cl)cc1F.Fc1ccc(Nc2ccc(OP)cc2)cc1. The summed E-state index contributed by atoms with van der Waals surface area (Å²) in [4.78, 5) is 10.6. The van der Waals surface area contributed by atoms with Crippen molar-refractivity contribution >= 4 is 37.7 Å². The van der Waals surface area contributed by atoms with E-state index >= 15 is 0 Å². The van der Waals surface area contributed by atoms with Gasteiger partial charge in [0.25, 0.3) is 5.24 Å². The van der Waals surface area contributed by atoms with Gasteiger partial charge in [-0.05, 0) is 78.3 Å². The first-order chi connectivity index (χ1) is 13.4. The van der Waals surface area contributed by atoms with Gasteiger partial charge in [0.15, 0.2) is 11.6 Å². The molecule has 0 aromatic heterocycles. The maximum absolute atomic E-state index is 12.9. The number of nitrogens with one attached hydrogen (secondary N) is 1. The molecule has 3 aromatic rings. The summed E-state index contributed by atoms with van der Waals surface area (Å²) in [5.74, 6) is 0.0348. The molecule has 0 bridgehead atoms. The van der Waals surface area contributed by atoms with Gasteiger partial charge in [-0.2, -0.15) is 0 Å². The van der Waals surface area contributed by atoms with E-state index in [4.69, 9.17) is 16.1 Å². The van der Waals surface area contributed by atoms with Gasteiger partial charge in [-0.1, -0.05) is 0 Å². The van der Waals surface area contributed by atoms with Gasteiger partial charge in [-0.25, -0.2) is 8.78 Å². The molecule has 1 N–H and O–H groups in total. The number of benzene rings is 3. The van der Waals surface area contributed by atoms with Crippen LogP contribution in [0.5, 0.6) is 11.5 Å². The van der Waals surface area contributed by atoms with E-state index in [0.717, 1.165) is 23.2 Å². The third kappa shape index (κ3) is 6.48. The Morgan fingerprint density at radius 2 is 1.54 bits per heavy atom. The quantitative estimate of drug-likeness (QED) is 0.407. The number of methoxy groups -OCH3 is 1. The van der Waals surface area contributed by atoms with Crippen molar-refractivity contribution in [1.82, 2.24) is 0 Å². The molecule has 0 amide bonds. The number of ether oxygens (including phenoxy) is 1. The fraction of sp³-hybridized carbons (Fsp3) is 0.0500. The average molecular weight is 424 g/mol. The minimum atomic E-state index is -0.684. The van der Waals surface area contributed by atoms with Gasteiger partial charge in [0, 0.05) is 16.9 Å². The van der Waals surface area contributed by atoms with Crippen molar-refractivity contribution < 1.29 is 22.8 Å². The molecular weight excluding hydrogens is 407 g/mol. The van der Waals surface area contributed by atoms with Gasteiger partial charge in [-0.15, -0.1) is 0 Å². The Morgan fingerprint density at radius 3 is 2.00 bits per heavy atom. The highest BCUT2D eigenvalue weighted by Gasteiger charge is 2.06. The van der Waals surface area contributed by atoms with Crippen molar-refractivity contribution in [3.8, 4) is 11.5 Å². The highest BCUT2D eigenvalue weighted by Crippen LogP contribution is 2.21. The van der Waals surface area contributed by atoms with Crippen molar-refractivity contribution in [2.75, 3.05) is 12.4 Å². The van der Waals surface area contributed by atoms with E-state index < -0.39 is 11.1 Å². The molecule has 4 nitrogen and oxygen atoms in total. The van der Waals surface area contributed by atoms with Crippen LogP contribution in [0.1, 0.15) is 10.4 Å². The van der Waals surface area contributed by atoms with Crippen LogP contribution in [0.15, 0.2) is 66.7 Å². The molecule has 0 fully saturated rings. The molecule has 0 radical (unpaired) electrons. The van der Waals surface area contributed by atoms with Crippen molar-refractivity contribution in [2.45, 2.75) is 0 Å². The largest absolute Gasteiger partial charge is 0.494 e. The van der Waals surface area contributed by atoms with Crippen molar-refractivity contribution in [3.63, 3.8) is 0 Å². The van der Waals surface area contributed by atoms with Crippen molar-refractivity contribution in [1.29, 1.82) is 0 Å². The summed E-state index contributed by atoms with van der Waals surface area (Å²) in [7, 11) is 3.54. The van der Waals surface area contributed by atoms with Gasteiger partial charge in [0.2, 0.25) is 0 Å². The Labute approximate surface area is 168 Å². The third-order valence-electron chi connectivity index (χ3n) is 3.50. The predicted octanol–water partition coefficient (Wildman–Crippen LogP) is 5.95. The molecule has 146 valence electrons. The first-order valence-corrected chi connectivity index (χ1v) is 8.80. The number of carbonyl (C=O) groups is 1. The fourth-order valence-electron chi connectivity index (χ4n) is 2.11. The lowest BCUT2D eigenvalue weighted by Gasteiger charge is -2.06. The van der Waals surface area contributed by atoms with E-state index in [1.807, 2.05) is 24.3 Å². The molecule has 8 heteroatoms. The fourth-order valence-corrected chi connectivity index (χ4v) is 2.38. The van der Waals surface area contributed by atoms with Crippen LogP contribution in [0.2, 0.25) is 0 Å². The maximum Gasteiger partial charge on any atom is 0.252 e. The summed E-state index contributed by atoms with van der Waals surface area (Å²) >= 11 is 5.12. The number of rotatable bonds is 5. The second-order valence-corrected chi connectivity index (χ2v) is 5.98. The van der Waals surface area contributed by atoms with Crippen LogP contribution in [0, 0.1) is 11.6 Å². The summed E-state index contributed by atoms with van der Waals surface area (Å²) in [5.41, 5.74) is 1.90. The van der Waals surface area contributed by atoms with Crippen molar-refractivity contribution in [3.05, 3.63) is 83.9 Å². The maximum atomic E-state index is 12.9. The van der Waals surface area contributed by atoms with Crippen LogP contribution >= 0.6 is 21.1 Å². The van der Waals surface area contributed by atoms with E-state index in [0.29, 0.717) is 0 Å². The zero-order chi connectivity index (χ0) is 20.5. The second kappa shape index (κ2) is 10.6. The van der Waals surface area contributed by atoms with Crippen LogP contribution in [-0.4, -0.2) is 12.4 Å². The van der Waals surface area contributed by atoms with Crippen LogP contribution < -0.4 is 14.6 Å². The molecule has 0 saturated heterocycles. The van der Waals surface area contributed by atoms with Crippen LogP contribution in [0.4, 0.5) is 20.2 Å². The topological polar surface area (TPSA) is 47.6 Å². The molecule has 3 rings (SSSR count). The molecule has 0 spiro atoms. The Kier molecular flexibility index (Phi) is 8.18. The second-order valence-electron chi connectivity index (χ2n) is 5.40. The van der Waals surface area contributed by atoms with Gasteiger partial charge in [-0.3, -0.25) is 4.79 Å². The molecule has 0 aliphatic carbocycles. The zero-order valence-electron chi connectivity index (χ0n) is 14.8. The van der Waals surface area contributed by atoms with Crippen LogP contribution in [0.25, 0.3) is 0 Å². The Balaban J connectivity index is 0.000000209. The van der Waals surface area contributed by atoms with Crippen LogP contribution in [0.3, 0.4) is 0 Å². The summed E-state index contributed by atoms with van der Waals surface area (Å²) in [6.07, 6.45) is 0. The summed E-state index contributed by atoms with van der Waals surface area (Å²) < 4.78 is 35.2. The minimum absolute atomic E-state index is 0.0941. The smallest absolute Gasteiger partial charge is 0.252 e. The lowest BCUT2D eigenvalue weighted by Crippen LogP contribution is -1.93. The lowest BCUT2D eigenvalue weighted by molar-refractivity contribution is 0.108. The molecule has 0 heterocycles. The highest BCUT2D eigenvalue weighted by atomic mass is 35.5. The molecule has 28 heavy (non-hydrogen) atoms. The van der Waals surface area contributed by atoms with Crippen molar-refractivity contribution in [2.24, 2.45) is 0 Å². The summed E-state index contributed by atoms with van der Waals surface area (Å²) in [6.45, 7) is 0. The number of hydrogen-bond acceptors (Lipinski definition) is 4. The average Bonchev–Trinajstić information content (AvgIpc) is 2.70. The first-order valence-electron chi connectivity index (χ1n) is 7.95. The number of carbonyl (C=O) groups excluding carboxylic acids is 1. The third-order valence-corrected chi connectivity index (χ3v) is 3.99. The minimum Gasteiger partial charge on any atom is -0.494 e. The number of hydrogen-bond donors (Lipinski definition) is 1. The Bertz CT molecular complexity index is 922. The number of halogens is 3. The molecular formula is C20H17ClF2NO3P. The van der Waals surface area contributed by atoms with E-state index in [9.17, 15) is 13.6 Å². The number of anilines is 2. The molecule has 1 unspecified atom stereocenters. The zero-order valence-corrected chi connectivity index (χ0v) is 16.7.